The molecule has 8 heteroatoms. The third-order valence-corrected chi connectivity index (χ3v) is 8.26. The zero-order valence-electron chi connectivity index (χ0n) is 21.1. The van der Waals surface area contributed by atoms with Crippen molar-refractivity contribution in [3.05, 3.63) is 77.4 Å². The molecule has 1 aliphatic carbocycles. The highest BCUT2D eigenvalue weighted by Crippen LogP contribution is 2.37. The predicted molar refractivity (Wildman–Crippen MR) is 153 cm³/mol. The first-order valence-electron chi connectivity index (χ1n) is 12.9. The van der Waals surface area contributed by atoms with Crippen LogP contribution in [0.4, 0.5) is 0 Å². The number of carbonyl (C=O) groups excluding carboxylic acids is 1. The van der Waals surface area contributed by atoms with Crippen molar-refractivity contribution in [3.63, 3.8) is 0 Å². The fourth-order valence-corrected chi connectivity index (χ4v) is 6.21. The predicted octanol–water partition coefficient (Wildman–Crippen LogP) is 6.63. The van der Waals surface area contributed by atoms with E-state index in [-0.39, 0.29) is 11.4 Å². The van der Waals surface area contributed by atoms with E-state index < -0.39 is 5.91 Å². The van der Waals surface area contributed by atoms with Gasteiger partial charge >= 0.3 is 0 Å². The largest absolute Gasteiger partial charge is 0.493 e. The average Bonchev–Trinajstić information content (AvgIpc) is 3.39. The number of carbonyl (C=O) groups is 1. The maximum atomic E-state index is 12.9. The molecule has 0 radical (unpaired) electrons. The van der Waals surface area contributed by atoms with E-state index in [1.165, 1.54) is 41.4 Å². The number of hydrazone groups is 1. The average molecular weight is 525 g/mol. The molecule has 6 rings (SSSR count). The van der Waals surface area contributed by atoms with Crippen molar-refractivity contribution >= 4 is 50.6 Å². The maximum Gasteiger partial charge on any atom is 0.283 e. The van der Waals surface area contributed by atoms with Gasteiger partial charge < -0.3 is 9.47 Å². The monoisotopic (exact) mass is 524 g/mol. The number of thioether (sulfide) groups is 1. The van der Waals surface area contributed by atoms with Gasteiger partial charge in [0.05, 0.1) is 12.7 Å². The van der Waals surface area contributed by atoms with Gasteiger partial charge in [-0.1, -0.05) is 67.8 Å². The number of hydrogen-bond acceptors (Lipinski definition) is 6. The van der Waals surface area contributed by atoms with E-state index >= 15 is 0 Å². The summed E-state index contributed by atoms with van der Waals surface area (Å²) in [6.45, 7) is 0.396. The van der Waals surface area contributed by atoms with Crippen LogP contribution in [0.3, 0.4) is 0 Å². The van der Waals surface area contributed by atoms with Crippen molar-refractivity contribution in [2.45, 2.75) is 38.7 Å². The van der Waals surface area contributed by atoms with E-state index in [4.69, 9.17) is 14.9 Å². The lowest BCUT2D eigenvalue weighted by Crippen LogP contribution is -2.35. The van der Waals surface area contributed by atoms with Crippen LogP contribution in [0.25, 0.3) is 16.8 Å². The first-order chi connectivity index (χ1) is 18.6. The topological polar surface area (TPSA) is 87.3 Å². The minimum absolute atomic E-state index is 0.0496. The van der Waals surface area contributed by atoms with Gasteiger partial charge in [-0.3, -0.25) is 10.2 Å². The van der Waals surface area contributed by atoms with Gasteiger partial charge in [0, 0.05) is 5.92 Å². The summed E-state index contributed by atoms with van der Waals surface area (Å²) < 4.78 is 11.7. The van der Waals surface area contributed by atoms with Gasteiger partial charge in [-0.2, -0.15) is 15.1 Å². The van der Waals surface area contributed by atoms with Crippen molar-refractivity contribution in [2.75, 3.05) is 7.11 Å². The highest BCUT2D eigenvalue weighted by molar-refractivity contribution is 8.27. The molecule has 0 unspecified atom stereocenters. The number of fused-ring (bicyclic) bond motifs is 2. The van der Waals surface area contributed by atoms with E-state index in [0.717, 1.165) is 34.4 Å². The SMILES string of the molecule is COc1cc(/C=C2/C(=N)N3N=C(C4CCCCC4)SC3=NC2=O)ccc1OCc1cccc2ccccc12. The van der Waals surface area contributed by atoms with Crippen LogP contribution in [0.15, 0.2) is 76.3 Å². The van der Waals surface area contributed by atoms with E-state index in [9.17, 15) is 4.79 Å². The van der Waals surface area contributed by atoms with E-state index in [1.54, 1.807) is 19.3 Å². The molecule has 1 saturated carbocycles. The number of rotatable bonds is 6. The van der Waals surface area contributed by atoms with Crippen LogP contribution in [-0.4, -0.2) is 34.1 Å². The van der Waals surface area contributed by atoms with Gasteiger partial charge in [-0.15, -0.1) is 0 Å². The van der Waals surface area contributed by atoms with Gasteiger partial charge in [0.1, 0.15) is 11.7 Å². The molecule has 0 bridgehead atoms. The van der Waals surface area contributed by atoms with Crippen LogP contribution in [0.1, 0.15) is 43.2 Å². The van der Waals surface area contributed by atoms with Crippen LogP contribution < -0.4 is 9.47 Å². The fraction of sp³-hybridized carbons (Fsp3) is 0.267. The van der Waals surface area contributed by atoms with Gasteiger partial charge in [0.25, 0.3) is 5.91 Å². The van der Waals surface area contributed by atoms with Crippen molar-refractivity contribution in [1.82, 2.24) is 5.01 Å². The molecule has 3 aromatic carbocycles. The highest BCUT2D eigenvalue weighted by Gasteiger charge is 2.38. The number of amides is 1. The zero-order chi connectivity index (χ0) is 26.1. The van der Waals surface area contributed by atoms with Crippen LogP contribution in [0.5, 0.6) is 11.5 Å². The maximum absolute atomic E-state index is 12.9. The first-order valence-corrected chi connectivity index (χ1v) is 13.7. The quantitative estimate of drug-likeness (QED) is 0.366. The number of benzene rings is 3. The first kappa shape index (κ1) is 24.4. The molecular weight excluding hydrogens is 496 g/mol. The van der Waals surface area contributed by atoms with E-state index in [1.807, 2.05) is 30.3 Å². The Hall–Kier alpha value is -3.91. The van der Waals surface area contributed by atoms with Crippen LogP contribution in [-0.2, 0) is 11.4 Å². The summed E-state index contributed by atoms with van der Waals surface area (Å²) in [5.41, 5.74) is 2.01. The number of aliphatic imine (C=N–C) groups is 1. The van der Waals surface area contributed by atoms with Crippen LogP contribution >= 0.6 is 11.8 Å². The van der Waals surface area contributed by atoms with Crippen molar-refractivity contribution in [1.29, 1.82) is 5.41 Å². The Morgan fingerprint density at radius 3 is 2.71 bits per heavy atom. The second-order valence-electron chi connectivity index (χ2n) is 9.63. The molecule has 1 fully saturated rings. The molecule has 7 nitrogen and oxygen atoms in total. The summed E-state index contributed by atoms with van der Waals surface area (Å²) in [4.78, 5) is 17.1. The summed E-state index contributed by atoms with van der Waals surface area (Å²) in [5, 5.41) is 18.7. The van der Waals surface area contributed by atoms with Gasteiger partial charge in [-0.25, -0.2) is 0 Å². The summed E-state index contributed by atoms with van der Waals surface area (Å²) in [5.74, 6) is 1.17. The lowest BCUT2D eigenvalue weighted by Gasteiger charge is -2.20. The Balaban J connectivity index is 1.22. The molecule has 0 saturated heterocycles. The number of amidine groups is 2. The Morgan fingerprint density at radius 2 is 1.87 bits per heavy atom. The van der Waals surface area contributed by atoms with Crippen LogP contribution in [0, 0.1) is 11.3 Å². The minimum atomic E-state index is -0.427. The number of hydrogen-bond donors (Lipinski definition) is 1. The van der Waals surface area contributed by atoms with Crippen molar-refractivity contribution in [3.8, 4) is 11.5 Å². The molecule has 2 heterocycles. The second kappa shape index (κ2) is 10.5. The Labute approximate surface area is 225 Å². The van der Waals surface area contributed by atoms with E-state index in [0.29, 0.717) is 29.2 Å². The molecule has 192 valence electrons. The summed E-state index contributed by atoms with van der Waals surface area (Å²) in [7, 11) is 1.59. The number of ether oxygens (including phenoxy) is 2. The van der Waals surface area contributed by atoms with Crippen LogP contribution in [0.2, 0.25) is 0 Å². The normalized spacial score (nSPS) is 19.0. The molecule has 1 N–H and O–H groups in total. The Kier molecular flexibility index (Phi) is 6.72. The van der Waals surface area contributed by atoms with Crippen molar-refractivity contribution < 1.29 is 14.3 Å². The van der Waals surface area contributed by atoms with Gasteiger partial charge in [0.15, 0.2) is 17.3 Å². The fourth-order valence-electron chi connectivity index (χ4n) is 5.16. The molecule has 2 aliphatic heterocycles. The number of nitrogens with one attached hydrogen (secondary N) is 1. The lowest BCUT2D eigenvalue weighted by molar-refractivity contribution is -0.114. The van der Waals surface area contributed by atoms with Gasteiger partial charge in [0.2, 0.25) is 5.17 Å². The summed E-state index contributed by atoms with van der Waals surface area (Å²) in [6, 6.07) is 19.9. The smallest absolute Gasteiger partial charge is 0.283 e. The molecule has 0 spiro atoms. The highest BCUT2D eigenvalue weighted by atomic mass is 32.2. The standard InChI is InChI=1S/C30H28N4O3S/c1-36-26-17-19(14-15-25(26)37-18-22-12-7-11-20-8-5-6-13-23(20)22)16-24-27(31)34-30(32-28(24)35)38-29(33-34)21-9-3-2-4-10-21/h5-8,11-17,21,31H,2-4,9-10,18H2,1H3/b24-16-,31-27?. The second-order valence-corrected chi connectivity index (χ2v) is 10.6. The van der Waals surface area contributed by atoms with Crippen molar-refractivity contribution in [2.24, 2.45) is 16.0 Å². The zero-order valence-corrected chi connectivity index (χ0v) is 22.0. The molecule has 0 atom stereocenters. The summed E-state index contributed by atoms with van der Waals surface area (Å²) in [6.07, 6.45) is 7.53. The molecule has 3 aliphatic rings. The number of methoxy groups -OCH3 is 1. The third-order valence-electron chi connectivity index (χ3n) is 7.19. The Morgan fingerprint density at radius 1 is 1.05 bits per heavy atom. The molecule has 3 aromatic rings. The molecule has 0 aromatic heterocycles. The lowest BCUT2D eigenvalue weighted by atomic mass is 9.90. The minimum Gasteiger partial charge on any atom is -0.493 e. The molecular formula is C30H28N4O3S. The molecule has 38 heavy (non-hydrogen) atoms. The Bertz CT molecular complexity index is 1520. The van der Waals surface area contributed by atoms with E-state index in [2.05, 4.69) is 34.4 Å². The number of nitrogens with zero attached hydrogens (tertiary/aromatic N) is 3. The summed E-state index contributed by atoms with van der Waals surface area (Å²) >= 11 is 1.43. The molecule has 1 amide bonds. The third kappa shape index (κ3) is 4.72. The van der Waals surface area contributed by atoms with Gasteiger partial charge in [-0.05, 0) is 64.7 Å².